The second kappa shape index (κ2) is 6.86. The number of piperidine rings is 1. The molecule has 0 spiro atoms. The van der Waals surface area contributed by atoms with Crippen molar-refractivity contribution < 1.29 is 14.1 Å². The number of nitrogens with zero attached hydrogens (tertiary/aromatic N) is 3. The summed E-state index contributed by atoms with van der Waals surface area (Å²) in [5, 5.41) is 4.03. The van der Waals surface area contributed by atoms with Crippen LogP contribution in [0.1, 0.15) is 60.1 Å². The molecule has 0 bridgehead atoms. The Bertz CT molecular complexity index is 754. The number of hydrogen-bond donors (Lipinski definition) is 0. The molecule has 6 nitrogen and oxygen atoms in total. The number of amides is 1. The van der Waals surface area contributed by atoms with Gasteiger partial charge in [0.25, 0.3) is 5.91 Å². The maximum Gasteiger partial charge on any atom is 0.257 e. The van der Waals surface area contributed by atoms with Crippen LogP contribution in [0.15, 0.2) is 28.8 Å². The number of carbonyl (C=O) groups excluding carboxylic acids is 1. The molecule has 1 saturated heterocycles. The van der Waals surface area contributed by atoms with Crippen LogP contribution < -0.4 is 4.74 Å². The summed E-state index contributed by atoms with van der Waals surface area (Å²) in [5.41, 5.74) is 0.652. The normalized spacial score (nSPS) is 21.0. The van der Waals surface area contributed by atoms with E-state index in [1.165, 1.54) is 6.42 Å². The van der Waals surface area contributed by atoms with Gasteiger partial charge in [-0.3, -0.25) is 4.79 Å². The molecule has 1 aromatic carbocycles. The molecule has 2 heterocycles. The van der Waals surface area contributed by atoms with Crippen LogP contribution in [0.3, 0.4) is 0 Å². The Hall–Kier alpha value is -2.37. The summed E-state index contributed by atoms with van der Waals surface area (Å²) in [4.78, 5) is 19.3. The summed E-state index contributed by atoms with van der Waals surface area (Å²) < 4.78 is 11.1. The number of carbonyl (C=O) groups is 1. The van der Waals surface area contributed by atoms with Crippen molar-refractivity contribution in [3.8, 4) is 5.75 Å². The van der Waals surface area contributed by atoms with Gasteiger partial charge < -0.3 is 14.2 Å². The van der Waals surface area contributed by atoms with Crippen LogP contribution in [0.2, 0.25) is 0 Å². The van der Waals surface area contributed by atoms with Gasteiger partial charge >= 0.3 is 0 Å². The lowest BCUT2D eigenvalue weighted by Gasteiger charge is -2.32. The maximum absolute atomic E-state index is 13.1. The minimum Gasteiger partial charge on any atom is -0.490 e. The molecule has 0 unspecified atom stereocenters. The molecule has 6 heteroatoms. The first-order chi connectivity index (χ1) is 12.2. The van der Waals surface area contributed by atoms with E-state index in [2.05, 4.69) is 10.1 Å². The molecule has 2 aliphatic rings. The van der Waals surface area contributed by atoms with E-state index in [9.17, 15) is 4.79 Å². The fourth-order valence-corrected chi connectivity index (χ4v) is 3.44. The smallest absolute Gasteiger partial charge is 0.257 e. The third kappa shape index (κ3) is 3.38. The Balaban J connectivity index is 1.50. The third-order valence-corrected chi connectivity index (χ3v) is 5.08. The molecule has 0 N–H and O–H groups in total. The van der Waals surface area contributed by atoms with Crippen LogP contribution in [0.5, 0.6) is 5.75 Å². The van der Waals surface area contributed by atoms with Crippen LogP contribution in [0.4, 0.5) is 0 Å². The van der Waals surface area contributed by atoms with Gasteiger partial charge in [-0.15, -0.1) is 0 Å². The zero-order valence-corrected chi connectivity index (χ0v) is 14.5. The zero-order chi connectivity index (χ0) is 17.2. The largest absolute Gasteiger partial charge is 0.490 e. The molecule has 1 saturated carbocycles. The summed E-state index contributed by atoms with van der Waals surface area (Å²) in [6.07, 6.45) is 5.53. The topological polar surface area (TPSA) is 68.5 Å². The highest BCUT2D eigenvalue weighted by Crippen LogP contribution is 2.30. The molecule has 1 atom stereocenters. The zero-order valence-electron chi connectivity index (χ0n) is 14.5. The van der Waals surface area contributed by atoms with Crippen LogP contribution >= 0.6 is 0 Å². The summed E-state index contributed by atoms with van der Waals surface area (Å²) in [5.74, 6) is 2.14. The van der Waals surface area contributed by atoms with E-state index in [0.29, 0.717) is 29.6 Å². The first kappa shape index (κ1) is 16.1. The summed E-state index contributed by atoms with van der Waals surface area (Å²) in [7, 11) is 0. The van der Waals surface area contributed by atoms with Crippen molar-refractivity contribution in [2.45, 2.75) is 51.0 Å². The van der Waals surface area contributed by atoms with Gasteiger partial charge in [-0.2, -0.15) is 4.98 Å². The highest BCUT2D eigenvalue weighted by Gasteiger charge is 2.30. The fourth-order valence-electron chi connectivity index (χ4n) is 3.44. The van der Waals surface area contributed by atoms with E-state index in [1.807, 2.05) is 29.2 Å². The number of aromatic nitrogens is 2. The van der Waals surface area contributed by atoms with Gasteiger partial charge in [0.2, 0.25) is 5.89 Å². The van der Waals surface area contributed by atoms with Crippen molar-refractivity contribution >= 4 is 5.91 Å². The van der Waals surface area contributed by atoms with Crippen molar-refractivity contribution in [1.82, 2.24) is 15.0 Å². The molecule has 1 aliphatic heterocycles. The Morgan fingerprint density at radius 2 is 2.08 bits per heavy atom. The monoisotopic (exact) mass is 341 g/mol. The number of rotatable bonds is 4. The van der Waals surface area contributed by atoms with Crippen molar-refractivity contribution in [1.29, 1.82) is 0 Å². The van der Waals surface area contributed by atoms with E-state index in [0.717, 1.165) is 32.2 Å². The average Bonchev–Trinajstić information content (AvgIpc) is 3.04. The van der Waals surface area contributed by atoms with Crippen molar-refractivity contribution in [3.63, 3.8) is 0 Å². The minimum absolute atomic E-state index is 0.0276. The molecule has 1 amide bonds. The van der Waals surface area contributed by atoms with Gasteiger partial charge in [0.15, 0.2) is 5.82 Å². The molecule has 2 aromatic rings. The fraction of sp³-hybridized carbons (Fsp3) is 0.526. The van der Waals surface area contributed by atoms with Gasteiger partial charge in [-0.05, 0) is 44.2 Å². The third-order valence-electron chi connectivity index (χ3n) is 5.08. The molecule has 25 heavy (non-hydrogen) atoms. The lowest BCUT2D eigenvalue weighted by atomic mass is 9.95. The molecule has 4 rings (SSSR count). The maximum atomic E-state index is 13.1. The standard InChI is InChI=1S/C19H23N3O3/c1-13-20-18(21-25-13)14-6-5-11-22(12-14)19(23)16-9-2-3-10-17(16)24-15-7-4-8-15/h2-3,9-10,14-15H,4-8,11-12H2,1H3/t14-/m0/s1. The Labute approximate surface area is 147 Å². The van der Waals surface area contributed by atoms with Gasteiger partial charge in [0, 0.05) is 25.9 Å². The second-order valence-electron chi connectivity index (χ2n) is 6.93. The number of ether oxygens (including phenoxy) is 1. The Morgan fingerprint density at radius 1 is 1.24 bits per heavy atom. The molecule has 1 aliphatic carbocycles. The van der Waals surface area contributed by atoms with E-state index in [-0.39, 0.29) is 17.9 Å². The molecular weight excluding hydrogens is 318 g/mol. The SMILES string of the molecule is Cc1nc([C@H]2CCCN(C(=O)c3ccccc3OC3CCC3)C2)no1. The van der Waals surface area contributed by atoms with E-state index >= 15 is 0 Å². The van der Waals surface area contributed by atoms with Gasteiger partial charge in [0.1, 0.15) is 5.75 Å². The van der Waals surface area contributed by atoms with E-state index in [4.69, 9.17) is 9.26 Å². The average molecular weight is 341 g/mol. The van der Waals surface area contributed by atoms with Crippen molar-refractivity contribution in [3.05, 3.63) is 41.5 Å². The molecule has 2 fully saturated rings. The molecule has 1 aromatic heterocycles. The first-order valence-corrected chi connectivity index (χ1v) is 9.06. The Kier molecular flexibility index (Phi) is 4.42. The van der Waals surface area contributed by atoms with Gasteiger partial charge in [-0.25, -0.2) is 0 Å². The lowest BCUT2D eigenvalue weighted by molar-refractivity contribution is 0.0687. The van der Waals surface area contributed by atoms with Crippen molar-refractivity contribution in [2.24, 2.45) is 0 Å². The van der Waals surface area contributed by atoms with Gasteiger partial charge in [0.05, 0.1) is 11.7 Å². The predicted molar refractivity (Wildman–Crippen MR) is 91.6 cm³/mol. The number of likely N-dealkylation sites (tertiary alicyclic amines) is 1. The quantitative estimate of drug-likeness (QED) is 0.853. The van der Waals surface area contributed by atoms with Crippen LogP contribution in [0, 0.1) is 6.92 Å². The number of benzene rings is 1. The van der Waals surface area contributed by atoms with E-state index < -0.39 is 0 Å². The highest BCUT2D eigenvalue weighted by atomic mass is 16.5. The molecular formula is C19H23N3O3. The van der Waals surface area contributed by atoms with Crippen LogP contribution in [-0.4, -0.2) is 40.1 Å². The minimum atomic E-state index is 0.0276. The number of aryl methyl sites for hydroxylation is 1. The predicted octanol–water partition coefficient (Wildman–Crippen LogP) is 3.33. The van der Waals surface area contributed by atoms with Crippen LogP contribution in [-0.2, 0) is 0 Å². The lowest BCUT2D eigenvalue weighted by Crippen LogP contribution is -2.39. The number of hydrogen-bond acceptors (Lipinski definition) is 5. The van der Waals surface area contributed by atoms with Crippen molar-refractivity contribution in [2.75, 3.05) is 13.1 Å². The number of para-hydroxylation sites is 1. The summed E-state index contributed by atoms with van der Waals surface area (Å²) in [6.45, 7) is 3.16. The summed E-state index contributed by atoms with van der Waals surface area (Å²) in [6, 6.07) is 7.57. The van der Waals surface area contributed by atoms with E-state index in [1.54, 1.807) is 6.92 Å². The second-order valence-corrected chi connectivity index (χ2v) is 6.93. The van der Waals surface area contributed by atoms with Gasteiger partial charge in [-0.1, -0.05) is 17.3 Å². The summed E-state index contributed by atoms with van der Waals surface area (Å²) >= 11 is 0. The molecule has 0 radical (unpaired) electrons. The molecule has 132 valence electrons. The highest BCUT2D eigenvalue weighted by molar-refractivity contribution is 5.97. The van der Waals surface area contributed by atoms with Crippen LogP contribution in [0.25, 0.3) is 0 Å². The first-order valence-electron chi connectivity index (χ1n) is 9.06. The Morgan fingerprint density at radius 3 is 2.80 bits per heavy atom.